The molecule has 0 heterocycles. The van der Waals surface area contributed by atoms with Gasteiger partial charge in [-0.05, 0) is 35.6 Å². The molecule has 1 aromatic rings. The SMILES string of the molecule is C=C(CN)COc1cc(C)ccc1C(C)C. The van der Waals surface area contributed by atoms with E-state index in [1.165, 1.54) is 11.1 Å². The number of ether oxygens (including phenoxy) is 1. The molecule has 0 aliphatic carbocycles. The topological polar surface area (TPSA) is 35.2 Å². The highest BCUT2D eigenvalue weighted by atomic mass is 16.5. The summed E-state index contributed by atoms with van der Waals surface area (Å²) in [4.78, 5) is 0. The van der Waals surface area contributed by atoms with Crippen molar-refractivity contribution >= 4 is 0 Å². The summed E-state index contributed by atoms with van der Waals surface area (Å²) in [6.45, 7) is 11.2. The van der Waals surface area contributed by atoms with Gasteiger partial charge in [0.1, 0.15) is 12.4 Å². The third kappa shape index (κ3) is 3.38. The Bertz CT molecular complexity index is 369. The predicted molar refractivity (Wildman–Crippen MR) is 69.0 cm³/mol. The van der Waals surface area contributed by atoms with Crippen LogP contribution >= 0.6 is 0 Å². The van der Waals surface area contributed by atoms with Crippen molar-refractivity contribution in [2.45, 2.75) is 26.7 Å². The van der Waals surface area contributed by atoms with Gasteiger partial charge in [0.05, 0.1) is 0 Å². The molecule has 0 saturated heterocycles. The summed E-state index contributed by atoms with van der Waals surface area (Å²) >= 11 is 0. The fourth-order valence-electron chi connectivity index (χ4n) is 1.48. The van der Waals surface area contributed by atoms with Gasteiger partial charge in [-0.3, -0.25) is 0 Å². The van der Waals surface area contributed by atoms with E-state index in [-0.39, 0.29) is 0 Å². The molecule has 0 atom stereocenters. The molecule has 0 bridgehead atoms. The summed E-state index contributed by atoms with van der Waals surface area (Å²) in [6.07, 6.45) is 0. The molecule has 16 heavy (non-hydrogen) atoms. The standard InChI is InChI=1S/C14H21NO/c1-10(2)13-6-5-11(3)7-14(13)16-9-12(4)8-15/h5-7,10H,4,8-9,15H2,1-3H3. The first-order valence-electron chi connectivity index (χ1n) is 5.64. The highest BCUT2D eigenvalue weighted by molar-refractivity contribution is 5.39. The molecule has 0 radical (unpaired) electrons. The van der Waals surface area contributed by atoms with Crippen LogP contribution in [-0.4, -0.2) is 13.2 Å². The average molecular weight is 219 g/mol. The van der Waals surface area contributed by atoms with Gasteiger partial charge in [0, 0.05) is 6.54 Å². The van der Waals surface area contributed by atoms with Crippen molar-refractivity contribution in [3.05, 3.63) is 41.5 Å². The second kappa shape index (κ2) is 5.71. The summed E-state index contributed by atoms with van der Waals surface area (Å²) < 4.78 is 5.75. The van der Waals surface area contributed by atoms with Crippen molar-refractivity contribution in [3.8, 4) is 5.75 Å². The summed E-state index contributed by atoms with van der Waals surface area (Å²) in [5, 5.41) is 0. The Labute approximate surface area is 98.1 Å². The number of nitrogens with two attached hydrogens (primary N) is 1. The van der Waals surface area contributed by atoms with Crippen LogP contribution in [0.2, 0.25) is 0 Å². The third-order valence-corrected chi connectivity index (χ3v) is 2.51. The van der Waals surface area contributed by atoms with Gasteiger partial charge in [-0.15, -0.1) is 0 Å². The molecule has 1 rings (SSSR count). The number of hydrogen-bond acceptors (Lipinski definition) is 2. The fraction of sp³-hybridized carbons (Fsp3) is 0.429. The normalized spacial score (nSPS) is 10.6. The van der Waals surface area contributed by atoms with Crippen molar-refractivity contribution < 1.29 is 4.74 Å². The monoisotopic (exact) mass is 219 g/mol. The van der Waals surface area contributed by atoms with E-state index in [4.69, 9.17) is 10.5 Å². The van der Waals surface area contributed by atoms with Crippen molar-refractivity contribution in [3.63, 3.8) is 0 Å². The van der Waals surface area contributed by atoms with Gasteiger partial charge >= 0.3 is 0 Å². The van der Waals surface area contributed by atoms with Gasteiger partial charge in [-0.2, -0.15) is 0 Å². The molecule has 0 saturated carbocycles. The molecule has 1 aromatic carbocycles. The Morgan fingerprint density at radius 1 is 1.44 bits per heavy atom. The minimum absolute atomic E-state index is 0.460. The van der Waals surface area contributed by atoms with Crippen LogP contribution in [0.4, 0.5) is 0 Å². The minimum atomic E-state index is 0.460. The molecule has 88 valence electrons. The van der Waals surface area contributed by atoms with Crippen molar-refractivity contribution in [1.82, 2.24) is 0 Å². The molecule has 0 fully saturated rings. The zero-order chi connectivity index (χ0) is 12.1. The van der Waals surface area contributed by atoms with Gasteiger partial charge in [-0.25, -0.2) is 0 Å². The number of benzene rings is 1. The Hall–Kier alpha value is -1.28. The lowest BCUT2D eigenvalue weighted by Crippen LogP contribution is -2.11. The second-order valence-electron chi connectivity index (χ2n) is 4.44. The van der Waals surface area contributed by atoms with E-state index in [0.29, 0.717) is 19.1 Å². The van der Waals surface area contributed by atoms with Crippen molar-refractivity contribution in [2.24, 2.45) is 5.73 Å². The largest absolute Gasteiger partial charge is 0.489 e. The summed E-state index contributed by atoms with van der Waals surface area (Å²) in [7, 11) is 0. The zero-order valence-electron chi connectivity index (χ0n) is 10.4. The van der Waals surface area contributed by atoms with E-state index in [1.54, 1.807) is 0 Å². The lowest BCUT2D eigenvalue weighted by Gasteiger charge is -2.15. The molecule has 0 aliphatic heterocycles. The van der Waals surface area contributed by atoms with E-state index in [0.717, 1.165) is 11.3 Å². The van der Waals surface area contributed by atoms with Crippen molar-refractivity contribution in [1.29, 1.82) is 0 Å². The molecule has 0 aliphatic rings. The Morgan fingerprint density at radius 2 is 2.12 bits per heavy atom. The smallest absolute Gasteiger partial charge is 0.123 e. The molecular formula is C14H21NO. The van der Waals surface area contributed by atoms with Crippen LogP contribution in [-0.2, 0) is 0 Å². The van der Waals surface area contributed by atoms with Crippen LogP contribution in [0.3, 0.4) is 0 Å². The highest BCUT2D eigenvalue weighted by Crippen LogP contribution is 2.27. The second-order valence-corrected chi connectivity index (χ2v) is 4.44. The molecule has 2 heteroatoms. The molecular weight excluding hydrogens is 198 g/mol. The van der Waals surface area contributed by atoms with Gasteiger partial charge < -0.3 is 10.5 Å². The van der Waals surface area contributed by atoms with E-state index in [9.17, 15) is 0 Å². The highest BCUT2D eigenvalue weighted by Gasteiger charge is 2.08. The Balaban J connectivity index is 2.84. The first-order chi connectivity index (χ1) is 7.54. The van der Waals surface area contributed by atoms with Crippen LogP contribution in [0.1, 0.15) is 30.9 Å². The quantitative estimate of drug-likeness (QED) is 0.773. The molecule has 0 spiro atoms. The molecule has 0 amide bonds. The third-order valence-electron chi connectivity index (χ3n) is 2.51. The van der Waals surface area contributed by atoms with Crippen LogP contribution < -0.4 is 10.5 Å². The lowest BCUT2D eigenvalue weighted by atomic mass is 10.0. The van der Waals surface area contributed by atoms with Crippen LogP contribution in [0.25, 0.3) is 0 Å². The van der Waals surface area contributed by atoms with Gasteiger partial charge in [-0.1, -0.05) is 32.6 Å². The average Bonchev–Trinajstić information content (AvgIpc) is 2.25. The maximum atomic E-state index is 5.75. The van der Waals surface area contributed by atoms with Crippen molar-refractivity contribution in [2.75, 3.05) is 13.2 Å². The molecule has 0 aromatic heterocycles. The zero-order valence-corrected chi connectivity index (χ0v) is 10.4. The fourth-order valence-corrected chi connectivity index (χ4v) is 1.48. The predicted octanol–water partition coefficient (Wildman–Crippen LogP) is 3.01. The number of aryl methyl sites for hydroxylation is 1. The van der Waals surface area contributed by atoms with Crippen LogP contribution in [0.15, 0.2) is 30.4 Å². The first kappa shape index (κ1) is 12.8. The van der Waals surface area contributed by atoms with Gasteiger partial charge in [0.2, 0.25) is 0 Å². The Kier molecular flexibility index (Phi) is 4.56. The first-order valence-corrected chi connectivity index (χ1v) is 5.64. The van der Waals surface area contributed by atoms with E-state index in [2.05, 4.69) is 45.5 Å². The Morgan fingerprint density at radius 3 is 2.69 bits per heavy atom. The van der Waals surface area contributed by atoms with E-state index >= 15 is 0 Å². The van der Waals surface area contributed by atoms with Crippen LogP contribution in [0, 0.1) is 6.92 Å². The van der Waals surface area contributed by atoms with E-state index < -0.39 is 0 Å². The maximum Gasteiger partial charge on any atom is 0.123 e. The van der Waals surface area contributed by atoms with Gasteiger partial charge in [0.25, 0.3) is 0 Å². The van der Waals surface area contributed by atoms with Crippen LogP contribution in [0.5, 0.6) is 5.75 Å². The lowest BCUT2D eigenvalue weighted by molar-refractivity contribution is 0.345. The summed E-state index contributed by atoms with van der Waals surface area (Å²) in [6, 6.07) is 6.31. The number of hydrogen-bond donors (Lipinski definition) is 1. The molecule has 0 unspecified atom stereocenters. The van der Waals surface area contributed by atoms with Gasteiger partial charge in [0.15, 0.2) is 0 Å². The van der Waals surface area contributed by atoms with E-state index in [1.807, 2.05) is 0 Å². The molecule has 2 N–H and O–H groups in total. The number of rotatable bonds is 5. The summed E-state index contributed by atoms with van der Waals surface area (Å²) in [5.41, 5.74) is 8.84. The molecule has 2 nitrogen and oxygen atoms in total. The maximum absolute atomic E-state index is 5.75. The summed E-state index contributed by atoms with van der Waals surface area (Å²) in [5.74, 6) is 1.41. The minimum Gasteiger partial charge on any atom is -0.489 e.